The second-order valence-electron chi connectivity index (χ2n) is 6.14. The average molecular weight is 330 g/mol. The van der Waals surface area contributed by atoms with Crippen molar-refractivity contribution in [1.29, 1.82) is 0 Å². The summed E-state index contributed by atoms with van der Waals surface area (Å²) in [7, 11) is 0. The first-order valence-corrected chi connectivity index (χ1v) is 8.28. The van der Waals surface area contributed by atoms with Crippen molar-refractivity contribution in [3.05, 3.63) is 78.2 Å². The molecule has 0 saturated carbocycles. The first-order chi connectivity index (χ1) is 12.2. The Balaban J connectivity index is 1.62. The first kappa shape index (κ1) is 15.3. The van der Waals surface area contributed by atoms with Crippen molar-refractivity contribution in [2.75, 3.05) is 10.2 Å². The summed E-state index contributed by atoms with van der Waals surface area (Å²) in [5.74, 6) is 0.501. The monoisotopic (exact) mass is 330 g/mol. The highest BCUT2D eigenvalue weighted by atomic mass is 16.2. The number of carbonyl (C=O) groups excluding carboxylic acids is 1. The number of carbonyl (C=O) groups is 1. The summed E-state index contributed by atoms with van der Waals surface area (Å²) in [5.41, 5.74) is 3.47. The van der Waals surface area contributed by atoms with Gasteiger partial charge >= 0.3 is 0 Å². The van der Waals surface area contributed by atoms with E-state index < -0.39 is 0 Å². The van der Waals surface area contributed by atoms with Crippen molar-refractivity contribution >= 4 is 23.1 Å². The Morgan fingerprint density at radius 1 is 1.08 bits per heavy atom. The fourth-order valence-electron chi connectivity index (χ4n) is 3.21. The molecule has 0 bridgehead atoms. The molecule has 1 aromatic heterocycles. The fraction of sp³-hybridized carbons (Fsp3) is 0.150. The Morgan fingerprint density at radius 2 is 1.84 bits per heavy atom. The van der Waals surface area contributed by atoms with Crippen LogP contribution in [0.2, 0.25) is 0 Å². The van der Waals surface area contributed by atoms with Crippen molar-refractivity contribution in [3.63, 3.8) is 0 Å². The quantitative estimate of drug-likeness (QED) is 0.793. The van der Waals surface area contributed by atoms with Gasteiger partial charge in [0.05, 0.1) is 0 Å². The van der Waals surface area contributed by atoms with Crippen LogP contribution in [0.4, 0.5) is 17.2 Å². The number of hydrogen-bond acceptors (Lipinski definition) is 4. The second kappa shape index (κ2) is 6.36. The second-order valence-corrected chi connectivity index (χ2v) is 6.14. The third kappa shape index (κ3) is 2.96. The molecule has 1 aliphatic rings. The van der Waals surface area contributed by atoms with Gasteiger partial charge in [-0.3, -0.25) is 4.79 Å². The van der Waals surface area contributed by atoms with Crippen LogP contribution in [0.1, 0.15) is 23.0 Å². The average Bonchev–Trinajstić information content (AvgIpc) is 2.98. The van der Waals surface area contributed by atoms with E-state index in [1.165, 1.54) is 11.9 Å². The van der Waals surface area contributed by atoms with E-state index in [1.54, 1.807) is 6.07 Å². The molecule has 2 heterocycles. The number of para-hydroxylation sites is 2. The number of nitrogens with zero attached hydrogens (tertiary/aromatic N) is 3. The number of rotatable bonds is 3. The Labute approximate surface area is 146 Å². The van der Waals surface area contributed by atoms with E-state index >= 15 is 0 Å². The van der Waals surface area contributed by atoms with Crippen LogP contribution in [-0.2, 0) is 6.42 Å². The minimum Gasteiger partial charge on any atom is -0.340 e. The van der Waals surface area contributed by atoms with Crippen LogP contribution in [0.15, 0.2) is 67.0 Å². The summed E-state index contributed by atoms with van der Waals surface area (Å²) < 4.78 is 0. The lowest BCUT2D eigenvalue weighted by atomic mass is 10.1. The zero-order valence-corrected chi connectivity index (χ0v) is 13.9. The van der Waals surface area contributed by atoms with Gasteiger partial charge in [0, 0.05) is 23.5 Å². The summed E-state index contributed by atoms with van der Waals surface area (Å²) in [6.45, 7) is 2.06. The number of nitrogens with one attached hydrogen (secondary N) is 1. The molecule has 0 aliphatic carbocycles. The Kier molecular flexibility index (Phi) is 3.90. The molecule has 1 amide bonds. The number of hydrogen-bond donors (Lipinski definition) is 1. The zero-order valence-electron chi connectivity index (χ0n) is 13.9. The minimum absolute atomic E-state index is 0.101. The molecule has 1 unspecified atom stereocenters. The molecule has 0 radical (unpaired) electrons. The van der Waals surface area contributed by atoms with E-state index in [4.69, 9.17) is 0 Å². The number of amides is 1. The van der Waals surface area contributed by atoms with E-state index in [-0.39, 0.29) is 11.9 Å². The van der Waals surface area contributed by atoms with Crippen molar-refractivity contribution in [2.24, 2.45) is 0 Å². The fourth-order valence-corrected chi connectivity index (χ4v) is 3.21. The lowest BCUT2D eigenvalue weighted by molar-refractivity contribution is 0.0976. The number of benzene rings is 2. The molecular weight excluding hydrogens is 312 g/mol. The number of anilines is 3. The van der Waals surface area contributed by atoms with Gasteiger partial charge in [-0.25, -0.2) is 9.97 Å². The maximum absolute atomic E-state index is 13.0. The van der Waals surface area contributed by atoms with E-state index in [2.05, 4.69) is 28.3 Å². The van der Waals surface area contributed by atoms with Gasteiger partial charge in [0.15, 0.2) is 0 Å². The summed E-state index contributed by atoms with van der Waals surface area (Å²) in [6, 6.07) is 19.6. The summed E-state index contributed by atoms with van der Waals surface area (Å²) >= 11 is 0. The molecule has 1 N–H and O–H groups in total. The number of fused-ring (bicyclic) bond motifs is 1. The van der Waals surface area contributed by atoms with E-state index in [0.717, 1.165) is 17.8 Å². The highest BCUT2D eigenvalue weighted by Crippen LogP contribution is 2.33. The predicted octanol–water partition coefficient (Wildman–Crippen LogP) is 3.81. The molecular formula is C20H18N4O. The standard InChI is InChI=1S/C20H18N4O/c1-14-11-15-7-5-6-10-18(15)24(14)20(25)17-12-19(22-13-21-17)23-16-8-3-2-4-9-16/h2-10,12-14H,11H2,1H3,(H,21,22,23). The van der Waals surface area contributed by atoms with Crippen LogP contribution < -0.4 is 10.2 Å². The van der Waals surface area contributed by atoms with Gasteiger partial charge in [-0.2, -0.15) is 0 Å². The van der Waals surface area contributed by atoms with E-state index in [0.29, 0.717) is 11.5 Å². The third-order valence-electron chi connectivity index (χ3n) is 4.36. The van der Waals surface area contributed by atoms with Crippen LogP contribution in [0, 0.1) is 0 Å². The molecule has 25 heavy (non-hydrogen) atoms. The van der Waals surface area contributed by atoms with Crippen LogP contribution in [-0.4, -0.2) is 21.9 Å². The summed E-state index contributed by atoms with van der Waals surface area (Å²) in [4.78, 5) is 23.3. The number of aromatic nitrogens is 2. The summed E-state index contributed by atoms with van der Waals surface area (Å²) in [5, 5.41) is 3.20. The smallest absolute Gasteiger partial charge is 0.277 e. The van der Waals surface area contributed by atoms with Crippen molar-refractivity contribution < 1.29 is 4.79 Å². The van der Waals surface area contributed by atoms with Crippen molar-refractivity contribution in [1.82, 2.24) is 9.97 Å². The topological polar surface area (TPSA) is 58.1 Å². The van der Waals surface area contributed by atoms with E-state index in [1.807, 2.05) is 53.4 Å². The molecule has 5 heteroatoms. The summed E-state index contributed by atoms with van der Waals surface area (Å²) in [6.07, 6.45) is 2.28. The Hall–Kier alpha value is -3.21. The van der Waals surface area contributed by atoms with Gasteiger partial charge in [-0.15, -0.1) is 0 Å². The Morgan fingerprint density at radius 3 is 2.68 bits per heavy atom. The van der Waals surface area contributed by atoms with Crippen molar-refractivity contribution in [3.8, 4) is 0 Å². The lowest BCUT2D eigenvalue weighted by Crippen LogP contribution is -2.36. The van der Waals surface area contributed by atoms with Gasteiger partial charge in [-0.05, 0) is 37.1 Å². The molecule has 1 aliphatic heterocycles. The van der Waals surface area contributed by atoms with Crippen LogP contribution in [0.25, 0.3) is 0 Å². The lowest BCUT2D eigenvalue weighted by Gasteiger charge is -2.22. The van der Waals surface area contributed by atoms with Crippen LogP contribution in [0.5, 0.6) is 0 Å². The third-order valence-corrected chi connectivity index (χ3v) is 4.36. The van der Waals surface area contributed by atoms with Gasteiger partial charge in [-0.1, -0.05) is 36.4 Å². The highest BCUT2D eigenvalue weighted by Gasteiger charge is 2.31. The molecule has 124 valence electrons. The zero-order chi connectivity index (χ0) is 17.2. The normalized spacial score (nSPS) is 15.7. The molecule has 2 aromatic carbocycles. The van der Waals surface area contributed by atoms with Gasteiger partial charge in [0.1, 0.15) is 17.8 Å². The molecule has 0 spiro atoms. The molecule has 1 atom stereocenters. The highest BCUT2D eigenvalue weighted by molar-refractivity contribution is 6.06. The van der Waals surface area contributed by atoms with Crippen molar-refractivity contribution in [2.45, 2.75) is 19.4 Å². The molecule has 4 rings (SSSR count). The van der Waals surface area contributed by atoms with Crippen LogP contribution >= 0.6 is 0 Å². The molecule has 5 nitrogen and oxygen atoms in total. The molecule has 0 fully saturated rings. The van der Waals surface area contributed by atoms with Crippen LogP contribution in [0.3, 0.4) is 0 Å². The maximum Gasteiger partial charge on any atom is 0.277 e. The molecule has 0 saturated heterocycles. The maximum atomic E-state index is 13.0. The molecule has 3 aromatic rings. The van der Waals surface area contributed by atoms with Gasteiger partial charge < -0.3 is 10.2 Å². The van der Waals surface area contributed by atoms with Gasteiger partial charge in [0.25, 0.3) is 5.91 Å². The van der Waals surface area contributed by atoms with E-state index in [9.17, 15) is 4.79 Å². The predicted molar refractivity (Wildman–Crippen MR) is 98.2 cm³/mol. The minimum atomic E-state index is -0.101. The SMILES string of the molecule is CC1Cc2ccccc2N1C(=O)c1cc(Nc2ccccc2)ncn1. The largest absolute Gasteiger partial charge is 0.340 e. The van der Waals surface area contributed by atoms with Gasteiger partial charge in [0.2, 0.25) is 0 Å². The first-order valence-electron chi connectivity index (χ1n) is 8.28. The Bertz CT molecular complexity index is 910.